The highest BCUT2D eigenvalue weighted by atomic mass is 16.3. The largest absolute Gasteiger partial charge is 0.394 e. The molecule has 0 aliphatic heterocycles. The molecule has 0 aromatic rings. The van der Waals surface area contributed by atoms with Gasteiger partial charge in [-0.25, -0.2) is 0 Å². The Balaban J connectivity index is 3.57. The van der Waals surface area contributed by atoms with Crippen LogP contribution in [0.4, 0.5) is 0 Å². The van der Waals surface area contributed by atoms with Crippen molar-refractivity contribution >= 4 is 5.91 Å². The molecule has 5 N–H and O–H groups in total. The molecule has 6 nitrogen and oxygen atoms in total. The predicted octanol–water partition coefficient (Wildman–Crippen LogP) is 19.6. The van der Waals surface area contributed by atoms with Crippen LogP contribution in [0.25, 0.3) is 0 Å². The van der Waals surface area contributed by atoms with Crippen LogP contribution in [0, 0.1) is 0 Å². The second kappa shape index (κ2) is 59.9. The second-order valence-corrected chi connectivity index (χ2v) is 22.8. The van der Waals surface area contributed by atoms with Crippen molar-refractivity contribution in [3.05, 3.63) is 12.2 Å². The molecule has 1 amide bonds. The molecule has 0 spiro atoms. The summed E-state index contributed by atoms with van der Waals surface area (Å²) in [7, 11) is 0. The summed E-state index contributed by atoms with van der Waals surface area (Å²) in [5, 5.41) is 44.1. The number of amides is 1. The van der Waals surface area contributed by atoms with Gasteiger partial charge >= 0.3 is 0 Å². The van der Waals surface area contributed by atoms with Crippen LogP contribution in [0.1, 0.15) is 367 Å². The van der Waals surface area contributed by atoms with E-state index in [2.05, 4.69) is 31.3 Å². The molecule has 0 aliphatic rings. The molecule has 0 radical (unpaired) electrons. The second-order valence-electron chi connectivity index (χ2n) is 22.8. The Morgan fingerprint density at radius 3 is 0.845 bits per heavy atom. The maximum Gasteiger partial charge on any atom is 0.249 e. The van der Waals surface area contributed by atoms with Gasteiger partial charge in [-0.1, -0.05) is 341 Å². The van der Waals surface area contributed by atoms with Crippen molar-refractivity contribution < 1.29 is 25.2 Å². The molecular weight excluding hydrogens is 875 g/mol. The van der Waals surface area contributed by atoms with Crippen LogP contribution >= 0.6 is 0 Å². The standard InChI is InChI=1S/C65H129NO5/c1-3-5-7-9-11-13-15-17-19-21-23-25-27-29-31-33-35-37-39-41-43-45-47-49-51-53-55-57-59-63(69)65(71)66-61(60-67)64(70)62(68)58-56-54-52-50-48-46-44-42-40-38-36-34-32-30-28-26-24-22-20-18-16-14-12-10-8-6-4-2/h50,52,61-64,67-70H,3-49,51,53-60H2,1-2H3,(H,66,71)/b52-50+. The van der Waals surface area contributed by atoms with Crippen LogP contribution in [-0.2, 0) is 4.79 Å². The molecule has 4 atom stereocenters. The van der Waals surface area contributed by atoms with Crippen molar-refractivity contribution in [2.75, 3.05) is 6.61 Å². The first-order valence-electron chi connectivity index (χ1n) is 32.6. The molecule has 0 bridgehead atoms. The van der Waals surface area contributed by atoms with Crippen LogP contribution in [0.3, 0.4) is 0 Å². The SMILES string of the molecule is CCCCCCCCCCCCCCCCCCCCCCCC/C=C/CCCC(O)C(O)C(CO)NC(=O)C(O)CCCCCCCCCCCCCCCCCCCCCCCCCCCCCC. The lowest BCUT2D eigenvalue weighted by Crippen LogP contribution is -2.53. The fraction of sp³-hybridized carbons (Fsp3) is 0.954. The Labute approximate surface area is 444 Å². The smallest absolute Gasteiger partial charge is 0.249 e. The lowest BCUT2D eigenvalue weighted by atomic mass is 10.00. The third kappa shape index (κ3) is 53.7. The first kappa shape index (κ1) is 70.1. The highest BCUT2D eigenvalue weighted by Gasteiger charge is 2.28. The minimum absolute atomic E-state index is 0.369. The molecule has 0 aromatic carbocycles. The lowest BCUT2D eigenvalue weighted by Gasteiger charge is -2.27. The number of aliphatic hydroxyl groups excluding tert-OH is 4. The van der Waals surface area contributed by atoms with Crippen LogP contribution in [0.15, 0.2) is 12.2 Å². The fourth-order valence-corrected chi connectivity index (χ4v) is 10.6. The van der Waals surface area contributed by atoms with Gasteiger partial charge in [0.1, 0.15) is 12.2 Å². The van der Waals surface area contributed by atoms with Crippen molar-refractivity contribution in [2.24, 2.45) is 0 Å². The third-order valence-corrected chi connectivity index (χ3v) is 15.7. The van der Waals surface area contributed by atoms with Gasteiger partial charge in [-0.3, -0.25) is 4.79 Å². The number of hydrogen-bond donors (Lipinski definition) is 5. The molecule has 4 unspecified atom stereocenters. The minimum Gasteiger partial charge on any atom is -0.394 e. The van der Waals surface area contributed by atoms with Crippen molar-refractivity contribution in [2.45, 2.75) is 391 Å². The number of rotatable bonds is 61. The fourth-order valence-electron chi connectivity index (χ4n) is 10.6. The summed E-state index contributed by atoms with van der Waals surface area (Å²) in [4.78, 5) is 12.6. The van der Waals surface area contributed by atoms with Crippen LogP contribution in [0.5, 0.6) is 0 Å². The number of nitrogens with one attached hydrogen (secondary N) is 1. The van der Waals surface area contributed by atoms with Crippen LogP contribution in [-0.4, -0.2) is 57.3 Å². The Kier molecular flexibility index (Phi) is 59.1. The Hall–Kier alpha value is -0.950. The van der Waals surface area contributed by atoms with Gasteiger partial charge in [0, 0.05) is 0 Å². The average Bonchev–Trinajstić information content (AvgIpc) is 3.38. The lowest BCUT2D eigenvalue weighted by molar-refractivity contribution is -0.132. The number of aliphatic hydroxyl groups is 4. The van der Waals surface area contributed by atoms with Crippen LogP contribution in [0.2, 0.25) is 0 Å². The molecule has 0 aliphatic carbocycles. The predicted molar refractivity (Wildman–Crippen MR) is 311 cm³/mol. The van der Waals surface area contributed by atoms with E-state index in [1.54, 1.807) is 0 Å². The van der Waals surface area contributed by atoms with E-state index in [0.717, 1.165) is 38.5 Å². The molecule has 0 fully saturated rings. The van der Waals surface area contributed by atoms with Gasteiger partial charge in [0.05, 0.1) is 18.8 Å². The molecule has 0 saturated carbocycles. The van der Waals surface area contributed by atoms with E-state index < -0.39 is 36.9 Å². The maximum absolute atomic E-state index is 12.6. The third-order valence-electron chi connectivity index (χ3n) is 15.7. The van der Waals surface area contributed by atoms with E-state index in [-0.39, 0.29) is 0 Å². The summed E-state index contributed by atoms with van der Waals surface area (Å²) < 4.78 is 0. The molecule has 6 heteroatoms. The monoisotopic (exact) mass is 1000 g/mol. The number of unbranched alkanes of at least 4 members (excludes halogenated alkanes) is 50. The molecule has 0 saturated heterocycles. The van der Waals surface area contributed by atoms with E-state index in [4.69, 9.17) is 0 Å². The summed E-state index contributed by atoms with van der Waals surface area (Å²) >= 11 is 0. The zero-order chi connectivity index (χ0) is 51.6. The van der Waals surface area contributed by atoms with Crippen LogP contribution < -0.4 is 5.32 Å². The van der Waals surface area contributed by atoms with Gasteiger partial charge in [0.2, 0.25) is 5.91 Å². The zero-order valence-corrected chi connectivity index (χ0v) is 48.3. The average molecular weight is 1000 g/mol. The van der Waals surface area contributed by atoms with Crippen molar-refractivity contribution in [3.63, 3.8) is 0 Å². The van der Waals surface area contributed by atoms with E-state index >= 15 is 0 Å². The van der Waals surface area contributed by atoms with Gasteiger partial charge in [-0.15, -0.1) is 0 Å². The Morgan fingerprint density at radius 2 is 0.577 bits per heavy atom. The van der Waals surface area contributed by atoms with E-state index in [0.29, 0.717) is 12.8 Å². The van der Waals surface area contributed by atoms with E-state index in [1.165, 1.54) is 302 Å². The van der Waals surface area contributed by atoms with E-state index in [1.807, 2.05) is 0 Å². The normalized spacial score (nSPS) is 13.6. The Morgan fingerprint density at radius 1 is 0.338 bits per heavy atom. The summed E-state index contributed by atoms with van der Waals surface area (Å²) in [6.45, 7) is 4.10. The summed E-state index contributed by atoms with van der Waals surface area (Å²) in [5.41, 5.74) is 0. The highest BCUT2D eigenvalue weighted by Crippen LogP contribution is 2.19. The quantitative estimate of drug-likeness (QED) is 0.0308. The maximum atomic E-state index is 12.6. The molecule has 424 valence electrons. The highest BCUT2D eigenvalue weighted by molar-refractivity contribution is 5.80. The van der Waals surface area contributed by atoms with Crippen molar-refractivity contribution in [1.29, 1.82) is 0 Å². The first-order chi connectivity index (χ1) is 35.0. The zero-order valence-electron chi connectivity index (χ0n) is 48.3. The number of carbonyl (C=O) groups excluding carboxylic acids is 1. The first-order valence-corrected chi connectivity index (χ1v) is 32.6. The number of allylic oxidation sites excluding steroid dienone is 2. The van der Waals surface area contributed by atoms with Crippen molar-refractivity contribution in [3.8, 4) is 0 Å². The summed E-state index contributed by atoms with van der Waals surface area (Å²) in [6, 6.07) is -1.000. The topological polar surface area (TPSA) is 110 Å². The number of hydrogen-bond acceptors (Lipinski definition) is 5. The van der Waals surface area contributed by atoms with Gasteiger partial charge in [-0.2, -0.15) is 0 Å². The molecule has 0 heterocycles. The van der Waals surface area contributed by atoms with Gasteiger partial charge in [-0.05, 0) is 38.5 Å². The molecule has 0 aromatic heterocycles. The summed E-state index contributed by atoms with van der Waals surface area (Å²) in [5.74, 6) is -0.585. The molecule has 71 heavy (non-hydrogen) atoms. The van der Waals surface area contributed by atoms with Crippen molar-refractivity contribution in [1.82, 2.24) is 5.32 Å². The van der Waals surface area contributed by atoms with Gasteiger partial charge in [0.15, 0.2) is 0 Å². The molecule has 0 rings (SSSR count). The Bertz CT molecular complexity index is 1040. The summed E-state index contributed by atoms with van der Waals surface area (Å²) in [6.07, 6.45) is 73.2. The van der Waals surface area contributed by atoms with E-state index in [9.17, 15) is 25.2 Å². The molecular formula is C65H129NO5. The minimum atomic E-state index is -1.28. The van der Waals surface area contributed by atoms with Gasteiger partial charge in [0.25, 0.3) is 0 Å². The number of carbonyl (C=O) groups is 1. The van der Waals surface area contributed by atoms with Gasteiger partial charge < -0.3 is 25.7 Å².